The number of methoxy groups -OCH3 is 2. The molecule has 0 spiro atoms. The van der Waals surface area contributed by atoms with Crippen LogP contribution in [0.5, 0.6) is 5.75 Å². The quantitative estimate of drug-likeness (QED) is 0.914. The molecule has 5 nitrogen and oxygen atoms in total. The Labute approximate surface area is 142 Å². The van der Waals surface area contributed by atoms with Gasteiger partial charge < -0.3 is 19.7 Å². The number of benzene rings is 2. The van der Waals surface area contributed by atoms with Gasteiger partial charge in [0.05, 0.1) is 19.3 Å². The van der Waals surface area contributed by atoms with E-state index in [1.165, 1.54) is 0 Å². The summed E-state index contributed by atoms with van der Waals surface area (Å²) in [6, 6.07) is 12.1. The number of ether oxygens (including phenoxy) is 2. The summed E-state index contributed by atoms with van der Waals surface area (Å²) in [7, 11) is 5.21. The van der Waals surface area contributed by atoms with Crippen molar-refractivity contribution in [3.63, 3.8) is 0 Å². The van der Waals surface area contributed by atoms with Crippen LogP contribution in [0.25, 0.3) is 10.8 Å². The molecule has 0 aromatic heterocycles. The van der Waals surface area contributed by atoms with Gasteiger partial charge in [-0.1, -0.05) is 18.2 Å². The normalized spacial score (nSPS) is 20.3. The van der Waals surface area contributed by atoms with Crippen LogP contribution < -0.4 is 10.1 Å². The maximum atomic E-state index is 12.5. The van der Waals surface area contributed by atoms with Crippen LogP contribution in [0.1, 0.15) is 12.0 Å². The Kier molecular flexibility index (Phi) is 5.02. The lowest BCUT2D eigenvalue weighted by molar-refractivity contribution is -0.132. The molecule has 0 radical (unpaired) electrons. The highest BCUT2D eigenvalue weighted by Crippen LogP contribution is 2.22. The van der Waals surface area contributed by atoms with Crippen molar-refractivity contribution in [2.45, 2.75) is 25.1 Å². The maximum Gasteiger partial charge on any atom is 0.239 e. The molecule has 1 N–H and O–H groups in total. The Morgan fingerprint density at radius 1 is 1.21 bits per heavy atom. The van der Waals surface area contributed by atoms with Crippen LogP contribution in [-0.2, 0) is 16.1 Å². The first-order chi connectivity index (χ1) is 11.6. The van der Waals surface area contributed by atoms with Gasteiger partial charge in [0.2, 0.25) is 5.91 Å². The Bertz CT molecular complexity index is 732. The average molecular weight is 328 g/mol. The van der Waals surface area contributed by atoms with Crippen molar-refractivity contribution in [3.8, 4) is 5.75 Å². The lowest BCUT2D eigenvalue weighted by Crippen LogP contribution is -2.41. The molecule has 0 aliphatic carbocycles. The lowest BCUT2D eigenvalue weighted by Gasteiger charge is -2.21. The van der Waals surface area contributed by atoms with Crippen molar-refractivity contribution in [1.82, 2.24) is 10.2 Å². The van der Waals surface area contributed by atoms with Gasteiger partial charge >= 0.3 is 0 Å². The summed E-state index contributed by atoms with van der Waals surface area (Å²) in [5.74, 6) is 0.965. The van der Waals surface area contributed by atoms with E-state index in [1.807, 2.05) is 25.2 Å². The molecule has 0 saturated carbocycles. The first kappa shape index (κ1) is 16.7. The first-order valence-electron chi connectivity index (χ1n) is 8.18. The largest absolute Gasteiger partial charge is 0.497 e. The first-order valence-corrected chi connectivity index (χ1v) is 8.18. The Hall–Kier alpha value is -2.11. The average Bonchev–Trinajstić information content (AvgIpc) is 3.09. The summed E-state index contributed by atoms with van der Waals surface area (Å²) in [4.78, 5) is 14.3. The molecule has 128 valence electrons. The van der Waals surface area contributed by atoms with Crippen LogP contribution in [-0.4, -0.2) is 50.8 Å². The van der Waals surface area contributed by atoms with Gasteiger partial charge in [-0.2, -0.15) is 0 Å². The highest BCUT2D eigenvalue weighted by Gasteiger charge is 2.31. The number of carbonyl (C=O) groups is 1. The zero-order valence-corrected chi connectivity index (χ0v) is 14.4. The van der Waals surface area contributed by atoms with Gasteiger partial charge in [-0.25, -0.2) is 0 Å². The maximum absolute atomic E-state index is 12.5. The van der Waals surface area contributed by atoms with Crippen molar-refractivity contribution in [3.05, 3.63) is 42.0 Å². The van der Waals surface area contributed by atoms with E-state index in [1.54, 1.807) is 19.1 Å². The van der Waals surface area contributed by atoms with Crippen LogP contribution >= 0.6 is 0 Å². The Morgan fingerprint density at radius 3 is 2.67 bits per heavy atom. The van der Waals surface area contributed by atoms with Crippen LogP contribution in [0.15, 0.2) is 36.4 Å². The molecule has 1 fully saturated rings. The van der Waals surface area contributed by atoms with Crippen LogP contribution in [0.3, 0.4) is 0 Å². The predicted octanol–water partition coefficient (Wildman–Crippen LogP) is 2.18. The van der Waals surface area contributed by atoms with E-state index in [4.69, 9.17) is 9.47 Å². The second-order valence-corrected chi connectivity index (χ2v) is 6.30. The molecule has 0 unspecified atom stereocenters. The molecular weight excluding hydrogens is 304 g/mol. The fourth-order valence-electron chi connectivity index (χ4n) is 3.19. The monoisotopic (exact) mass is 328 g/mol. The van der Waals surface area contributed by atoms with E-state index in [2.05, 4.69) is 23.5 Å². The number of nitrogens with zero attached hydrogens (tertiary/aromatic N) is 1. The summed E-state index contributed by atoms with van der Waals surface area (Å²) in [6.07, 6.45) is 0.861. The third-order valence-electron chi connectivity index (χ3n) is 4.63. The van der Waals surface area contributed by atoms with Crippen molar-refractivity contribution < 1.29 is 14.3 Å². The van der Waals surface area contributed by atoms with Crippen LogP contribution in [0.2, 0.25) is 0 Å². The fourth-order valence-corrected chi connectivity index (χ4v) is 3.19. The topological polar surface area (TPSA) is 50.8 Å². The van der Waals surface area contributed by atoms with Gasteiger partial charge in [0, 0.05) is 27.2 Å². The smallest absolute Gasteiger partial charge is 0.239 e. The van der Waals surface area contributed by atoms with Crippen LogP contribution in [0, 0.1) is 0 Å². The molecule has 24 heavy (non-hydrogen) atoms. The van der Waals surface area contributed by atoms with E-state index < -0.39 is 0 Å². The minimum Gasteiger partial charge on any atom is -0.497 e. The highest BCUT2D eigenvalue weighted by atomic mass is 16.5. The summed E-state index contributed by atoms with van der Waals surface area (Å²) < 4.78 is 10.6. The lowest BCUT2D eigenvalue weighted by atomic mass is 10.1. The second kappa shape index (κ2) is 7.20. The Balaban J connectivity index is 1.68. The minimum absolute atomic E-state index is 0.115. The van der Waals surface area contributed by atoms with E-state index in [0.29, 0.717) is 6.54 Å². The number of likely N-dealkylation sites (N-methyl/N-ethyl adjacent to an activating group) is 1. The number of fused-ring (bicyclic) bond motifs is 1. The van der Waals surface area contributed by atoms with Crippen molar-refractivity contribution in [1.29, 1.82) is 0 Å². The third-order valence-corrected chi connectivity index (χ3v) is 4.63. The molecular formula is C19H24N2O3. The zero-order chi connectivity index (χ0) is 17.1. The number of carbonyl (C=O) groups excluding carboxylic acids is 1. The number of hydrogen-bond donors (Lipinski definition) is 1. The van der Waals surface area contributed by atoms with Gasteiger partial charge in [0.1, 0.15) is 5.75 Å². The van der Waals surface area contributed by atoms with Gasteiger partial charge in [-0.15, -0.1) is 0 Å². The van der Waals surface area contributed by atoms with Crippen LogP contribution in [0.4, 0.5) is 0 Å². The zero-order valence-electron chi connectivity index (χ0n) is 14.4. The van der Waals surface area contributed by atoms with Gasteiger partial charge in [-0.3, -0.25) is 4.79 Å². The number of nitrogens with one attached hydrogen (secondary N) is 1. The summed E-state index contributed by atoms with van der Waals surface area (Å²) >= 11 is 0. The molecule has 1 aliphatic heterocycles. The summed E-state index contributed by atoms with van der Waals surface area (Å²) in [5.41, 5.74) is 1.12. The highest BCUT2D eigenvalue weighted by molar-refractivity contribution is 5.85. The summed E-state index contributed by atoms with van der Waals surface area (Å²) in [5, 5.41) is 5.51. The molecule has 3 rings (SSSR count). The molecule has 2 atom stereocenters. The summed E-state index contributed by atoms with van der Waals surface area (Å²) in [6.45, 7) is 1.33. The van der Waals surface area contributed by atoms with Crippen molar-refractivity contribution in [2.75, 3.05) is 27.8 Å². The van der Waals surface area contributed by atoms with E-state index in [0.717, 1.165) is 35.1 Å². The molecule has 1 aliphatic rings. The van der Waals surface area contributed by atoms with E-state index in [9.17, 15) is 4.79 Å². The molecule has 0 bridgehead atoms. The van der Waals surface area contributed by atoms with E-state index in [-0.39, 0.29) is 18.1 Å². The van der Waals surface area contributed by atoms with E-state index >= 15 is 0 Å². The van der Waals surface area contributed by atoms with Gasteiger partial charge in [0.15, 0.2) is 0 Å². The predicted molar refractivity (Wildman–Crippen MR) is 94.2 cm³/mol. The number of hydrogen-bond acceptors (Lipinski definition) is 4. The molecule has 5 heteroatoms. The molecule has 2 aromatic carbocycles. The molecule has 2 aromatic rings. The van der Waals surface area contributed by atoms with Gasteiger partial charge in [-0.05, 0) is 41.0 Å². The number of amides is 1. The standard InChI is InChI=1S/C19H24N2O3/c1-21(19(22)18-10-17(24-3)11-20-18)12-13-4-5-15-9-16(23-2)7-6-14(15)8-13/h4-9,17-18,20H,10-12H2,1-3H3/t17-,18-/m0/s1. The molecule has 1 saturated heterocycles. The van der Waals surface area contributed by atoms with Crippen molar-refractivity contribution >= 4 is 16.7 Å². The van der Waals surface area contributed by atoms with Crippen molar-refractivity contribution in [2.24, 2.45) is 0 Å². The minimum atomic E-state index is -0.148. The SMILES string of the molecule is COc1ccc2cc(CN(C)C(=O)[C@@H]3C[C@H](OC)CN3)ccc2c1. The van der Waals surface area contributed by atoms with Gasteiger partial charge in [0.25, 0.3) is 0 Å². The second-order valence-electron chi connectivity index (χ2n) is 6.30. The molecule has 1 amide bonds. The number of rotatable bonds is 5. The fraction of sp³-hybridized carbons (Fsp3) is 0.421. The Morgan fingerprint density at radius 2 is 1.96 bits per heavy atom. The third kappa shape index (κ3) is 3.52. The molecule has 1 heterocycles.